The average Bonchev–Trinajstić information content (AvgIpc) is 2.83. The molecule has 0 aliphatic rings. The van der Waals surface area contributed by atoms with Crippen molar-refractivity contribution in [3.05, 3.63) is 54.0 Å². The summed E-state index contributed by atoms with van der Waals surface area (Å²) in [6.45, 7) is 2.86. The van der Waals surface area contributed by atoms with Crippen molar-refractivity contribution >= 4 is 28.4 Å². The Bertz CT molecular complexity index is 762. The molecule has 4 heteroatoms. The fourth-order valence-corrected chi connectivity index (χ4v) is 3.08. The second-order valence-electron chi connectivity index (χ2n) is 4.87. The number of fused-ring (bicyclic) bond motifs is 1. The Morgan fingerprint density at radius 3 is 2.90 bits per heavy atom. The third kappa shape index (κ3) is 2.27. The molecule has 0 aliphatic heterocycles. The summed E-state index contributed by atoms with van der Waals surface area (Å²) in [7, 11) is 0. The lowest BCUT2D eigenvalue weighted by molar-refractivity contribution is 0.799. The molecule has 1 aromatic carbocycles. The maximum absolute atomic E-state index is 6.01. The maximum Gasteiger partial charge on any atom is 0.0651 e. The first kappa shape index (κ1) is 13.1. The molecule has 20 heavy (non-hydrogen) atoms. The van der Waals surface area contributed by atoms with Crippen LogP contribution in [0.4, 0.5) is 5.69 Å². The van der Waals surface area contributed by atoms with Gasteiger partial charge in [-0.25, -0.2) is 0 Å². The van der Waals surface area contributed by atoms with Crippen LogP contribution in [0.15, 0.2) is 47.6 Å². The van der Waals surface area contributed by atoms with E-state index in [-0.39, 0.29) is 0 Å². The lowest BCUT2D eigenvalue weighted by atomic mass is 10.2. The Balaban J connectivity index is 2.09. The molecule has 0 amide bonds. The molecule has 0 unspecified atom stereocenters. The van der Waals surface area contributed by atoms with E-state index in [1.165, 1.54) is 21.4 Å². The van der Waals surface area contributed by atoms with Gasteiger partial charge in [-0.2, -0.15) is 0 Å². The van der Waals surface area contributed by atoms with Crippen LogP contribution in [0.25, 0.3) is 10.9 Å². The molecule has 0 atom stereocenters. The van der Waals surface area contributed by atoms with E-state index in [2.05, 4.69) is 41.1 Å². The highest BCUT2D eigenvalue weighted by Gasteiger charge is 2.08. The van der Waals surface area contributed by atoms with Crippen LogP contribution >= 0.6 is 11.8 Å². The molecule has 2 heterocycles. The van der Waals surface area contributed by atoms with Crippen molar-refractivity contribution in [1.29, 1.82) is 0 Å². The molecule has 0 bridgehead atoms. The molecule has 0 fully saturated rings. The molecule has 102 valence electrons. The van der Waals surface area contributed by atoms with Crippen molar-refractivity contribution in [2.75, 3.05) is 12.0 Å². The molecular weight excluding hydrogens is 266 g/mol. The van der Waals surface area contributed by atoms with Crippen LogP contribution in [-0.4, -0.2) is 15.8 Å². The molecule has 3 rings (SSSR count). The van der Waals surface area contributed by atoms with Gasteiger partial charge in [0.1, 0.15) is 0 Å². The lowest BCUT2D eigenvalue weighted by Crippen LogP contribution is -2.02. The van der Waals surface area contributed by atoms with Gasteiger partial charge >= 0.3 is 0 Å². The van der Waals surface area contributed by atoms with Crippen LogP contribution in [0, 0.1) is 6.92 Å². The predicted molar refractivity (Wildman–Crippen MR) is 86.2 cm³/mol. The Hall–Kier alpha value is -1.94. The van der Waals surface area contributed by atoms with Gasteiger partial charge in [0.15, 0.2) is 0 Å². The zero-order valence-electron chi connectivity index (χ0n) is 11.6. The summed E-state index contributed by atoms with van der Waals surface area (Å²) >= 11 is 1.73. The summed E-state index contributed by atoms with van der Waals surface area (Å²) in [5.41, 5.74) is 10.3. The third-order valence-electron chi connectivity index (χ3n) is 3.53. The number of pyridine rings is 1. The van der Waals surface area contributed by atoms with E-state index < -0.39 is 0 Å². The number of nitrogens with two attached hydrogens (primary N) is 1. The molecule has 0 spiro atoms. The van der Waals surface area contributed by atoms with Crippen molar-refractivity contribution in [2.24, 2.45) is 0 Å². The largest absolute Gasteiger partial charge is 0.399 e. The summed E-state index contributed by atoms with van der Waals surface area (Å²) in [4.78, 5) is 5.69. The number of nitrogen functional groups attached to an aromatic ring is 1. The van der Waals surface area contributed by atoms with Crippen LogP contribution in [-0.2, 0) is 6.54 Å². The van der Waals surface area contributed by atoms with Gasteiger partial charge in [-0.3, -0.25) is 4.98 Å². The highest BCUT2D eigenvalue weighted by Crippen LogP contribution is 2.30. The van der Waals surface area contributed by atoms with Gasteiger partial charge in [0.2, 0.25) is 0 Å². The first-order valence-electron chi connectivity index (χ1n) is 6.52. The van der Waals surface area contributed by atoms with Gasteiger partial charge in [-0.05, 0) is 43.0 Å². The van der Waals surface area contributed by atoms with E-state index >= 15 is 0 Å². The van der Waals surface area contributed by atoms with Gasteiger partial charge in [0.05, 0.1) is 17.8 Å². The van der Waals surface area contributed by atoms with Gasteiger partial charge in [-0.1, -0.05) is 6.07 Å². The first-order valence-corrected chi connectivity index (χ1v) is 7.74. The second-order valence-corrected chi connectivity index (χ2v) is 5.71. The van der Waals surface area contributed by atoms with Crippen LogP contribution in [0.3, 0.4) is 0 Å². The van der Waals surface area contributed by atoms with Crippen LogP contribution in [0.2, 0.25) is 0 Å². The van der Waals surface area contributed by atoms with Crippen LogP contribution < -0.4 is 5.73 Å². The summed E-state index contributed by atoms with van der Waals surface area (Å²) in [6.07, 6.45) is 6.03. The quantitative estimate of drug-likeness (QED) is 0.589. The summed E-state index contributed by atoms with van der Waals surface area (Å²) < 4.78 is 2.21. The van der Waals surface area contributed by atoms with Gasteiger partial charge < -0.3 is 10.3 Å². The smallest absolute Gasteiger partial charge is 0.0651 e. The SMILES string of the molecule is CSc1cc(N)cc2c1ccn2Cc1ncccc1C. The van der Waals surface area contributed by atoms with Crippen molar-refractivity contribution in [3.8, 4) is 0 Å². The zero-order chi connectivity index (χ0) is 14.1. The highest BCUT2D eigenvalue weighted by molar-refractivity contribution is 7.98. The topological polar surface area (TPSA) is 43.8 Å². The number of benzene rings is 1. The minimum absolute atomic E-state index is 0.771. The Kier molecular flexibility index (Phi) is 3.40. The van der Waals surface area contributed by atoms with Gasteiger partial charge in [0, 0.05) is 28.4 Å². The van der Waals surface area contributed by atoms with Crippen molar-refractivity contribution in [1.82, 2.24) is 9.55 Å². The van der Waals surface area contributed by atoms with E-state index in [1.807, 2.05) is 24.4 Å². The normalized spacial score (nSPS) is 11.1. The third-order valence-corrected chi connectivity index (χ3v) is 4.31. The number of thioether (sulfide) groups is 1. The van der Waals surface area contributed by atoms with Gasteiger partial charge in [-0.15, -0.1) is 11.8 Å². The summed E-state index contributed by atoms with van der Waals surface area (Å²) in [5.74, 6) is 0. The molecule has 2 N–H and O–H groups in total. The average molecular weight is 283 g/mol. The van der Waals surface area contributed by atoms with Gasteiger partial charge in [0.25, 0.3) is 0 Å². The monoisotopic (exact) mass is 283 g/mol. The summed E-state index contributed by atoms with van der Waals surface area (Å²) in [6, 6.07) is 10.3. The number of nitrogens with zero attached hydrogens (tertiary/aromatic N) is 2. The summed E-state index contributed by atoms with van der Waals surface area (Å²) in [5, 5.41) is 1.25. The molecular formula is C16H17N3S. The Morgan fingerprint density at radius 1 is 1.30 bits per heavy atom. The predicted octanol–water partition coefficient (Wildman–Crippen LogP) is 3.70. The fourth-order valence-electron chi connectivity index (χ4n) is 2.43. The molecule has 3 nitrogen and oxygen atoms in total. The minimum Gasteiger partial charge on any atom is -0.399 e. The van der Waals surface area contributed by atoms with E-state index in [0.717, 1.165) is 17.9 Å². The number of hydrogen-bond acceptors (Lipinski definition) is 3. The molecule has 3 aromatic rings. The standard InChI is InChI=1S/C16H17N3S/c1-11-4-3-6-18-14(11)10-19-7-5-13-15(19)8-12(17)9-16(13)20-2/h3-9H,10,17H2,1-2H3. The van der Waals surface area contributed by atoms with Crippen molar-refractivity contribution in [3.63, 3.8) is 0 Å². The second kappa shape index (κ2) is 5.21. The van der Waals surface area contributed by atoms with Crippen LogP contribution in [0.1, 0.15) is 11.3 Å². The van der Waals surface area contributed by atoms with E-state index in [9.17, 15) is 0 Å². The number of aryl methyl sites for hydroxylation is 1. The molecule has 0 saturated carbocycles. The zero-order valence-corrected chi connectivity index (χ0v) is 12.4. The fraction of sp³-hybridized carbons (Fsp3) is 0.188. The molecule has 0 saturated heterocycles. The molecule has 0 radical (unpaired) electrons. The van der Waals surface area contributed by atoms with Crippen LogP contribution in [0.5, 0.6) is 0 Å². The Labute approximate surface area is 122 Å². The lowest BCUT2D eigenvalue weighted by Gasteiger charge is -2.09. The highest BCUT2D eigenvalue weighted by atomic mass is 32.2. The molecule has 2 aromatic heterocycles. The first-order chi connectivity index (χ1) is 9.69. The Morgan fingerprint density at radius 2 is 2.15 bits per heavy atom. The van der Waals surface area contributed by atoms with Crippen molar-refractivity contribution in [2.45, 2.75) is 18.4 Å². The van der Waals surface area contributed by atoms with Crippen molar-refractivity contribution < 1.29 is 0 Å². The van der Waals surface area contributed by atoms with E-state index in [4.69, 9.17) is 5.73 Å². The number of hydrogen-bond donors (Lipinski definition) is 1. The minimum atomic E-state index is 0.771. The number of rotatable bonds is 3. The maximum atomic E-state index is 6.01. The van der Waals surface area contributed by atoms with E-state index in [1.54, 1.807) is 11.8 Å². The van der Waals surface area contributed by atoms with E-state index in [0.29, 0.717) is 0 Å². The molecule has 0 aliphatic carbocycles. The number of aromatic nitrogens is 2. The number of anilines is 1.